The Bertz CT molecular complexity index is 1300. The van der Waals surface area contributed by atoms with Crippen LogP contribution in [0.2, 0.25) is 5.02 Å². The molecule has 9 nitrogen and oxygen atoms in total. The Morgan fingerprint density at radius 2 is 1.79 bits per heavy atom. The van der Waals surface area contributed by atoms with Crippen LogP contribution in [0, 0.1) is 5.82 Å². The third-order valence-corrected chi connectivity index (χ3v) is 6.44. The molecular formula is C18H18ClF4N3O6S. The van der Waals surface area contributed by atoms with Crippen LogP contribution >= 0.6 is 11.6 Å². The number of rotatable bonds is 7. The fourth-order valence-corrected chi connectivity index (χ4v) is 4.19. The van der Waals surface area contributed by atoms with E-state index in [0.717, 1.165) is 7.05 Å². The van der Waals surface area contributed by atoms with Gasteiger partial charge in [-0.3, -0.25) is 18.5 Å². The zero-order valence-corrected chi connectivity index (χ0v) is 19.0. The number of alkyl halides is 3. The van der Waals surface area contributed by atoms with Gasteiger partial charge < -0.3 is 4.74 Å². The number of hydrogen-bond acceptors (Lipinski definition) is 6. The topological polar surface area (TPSA) is 108 Å². The largest absolute Gasteiger partial charge is 0.465 e. The average molecular weight is 516 g/mol. The van der Waals surface area contributed by atoms with Gasteiger partial charge in [0, 0.05) is 13.1 Å². The van der Waals surface area contributed by atoms with E-state index in [4.69, 9.17) is 16.3 Å². The van der Waals surface area contributed by atoms with Crippen LogP contribution in [0.15, 0.2) is 27.8 Å². The molecule has 15 heteroatoms. The minimum atomic E-state index is -5.04. The van der Waals surface area contributed by atoms with E-state index >= 15 is 0 Å². The fourth-order valence-electron chi connectivity index (χ4n) is 2.82. The monoisotopic (exact) mass is 515 g/mol. The molecule has 0 aliphatic carbocycles. The summed E-state index contributed by atoms with van der Waals surface area (Å²) in [6.07, 6.45) is -5.04. The number of carbonyl (C=O) groups excluding carboxylic acids is 1. The smallest absolute Gasteiger partial charge is 0.431 e. The van der Waals surface area contributed by atoms with E-state index < -0.39 is 73.6 Å². The summed E-state index contributed by atoms with van der Waals surface area (Å²) in [7, 11) is -3.48. The van der Waals surface area contributed by atoms with Crippen molar-refractivity contribution in [3.63, 3.8) is 0 Å². The lowest BCUT2D eigenvalue weighted by Crippen LogP contribution is -2.41. The predicted octanol–water partition coefficient (Wildman–Crippen LogP) is 2.07. The minimum Gasteiger partial charge on any atom is -0.465 e. The normalized spacial score (nSPS) is 12.0. The Hall–Kier alpha value is -2.87. The lowest BCUT2D eigenvalue weighted by Gasteiger charge is -2.24. The van der Waals surface area contributed by atoms with Gasteiger partial charge in [0.25, 0.3) is 5.56 Å². The average Bonchev–Trinajstić information content (AvgIpc) is 2.70. The molecule has 0 saturated heterocycles. The Morgan fingerprint density at radius 1 is 1.18 bits per heavy atom. The zero-order chi connectivity index (χ0) is 25.3. The number of esters is 1. The van der Waals surface area contributed by atoms with Gasteiger partial charge in [0.2, 0.25) is 10.0 Å². The van der Waals surface area contributed by atoms with Gasteiger partial charge in [0.15, 0.2) is 0 Å². The van der Waals surface area contributed by atoms with Gasteiger partial charge in [-0.1, -0.05) is 11.6 Å². The summed E-state index contributed by atoms with van der Waals surface area (Å²) in [6.45, 7) is 1.79. The van der Waals surface area contributed by atoms with Crippen molar-refractivity contribution < 1.29 is 35.5 Å². The maximum Gasteiger partial charge on any atom is 0.431 e. The molecule has 0 unspecified atom stereocenters. The summed E-state index contributed by atoms with van der Waals surface area (Å²) in [4.78, 5) is 36.8. The first-order valence-corrected chi connectivity index (χ1v) is 11.2. The minimum absolute atomic E-state index is 0.0712. The predicted molar refractivity (Wildman–Crippen MR) is 111 cm³/mol. The van der Waals surface area contributed by atoms with Crippen LogP contribution in [0.3, 0.4) is 0 Å². The molecule has 1 heterocycles. The summed E-state index contributed by atoms with van der Waals surface area (Å²) in [6, 6.07) is 1.34. The van der Waals surface area contributed by atoms with Crippen LogP contribution in [0.25, 0.3) is 5.69 Å². The number of ether oxygens (including phenoxy) is 1. The lowest BCUT2D eigenvalue weighted by atomic mass is 10.2. The number of sulfonamides is 1. The van der Waals surface area contributed by atoms with Crippen LogP contribution in [0.5, 0.6) is 0 Å². The maximum atomic E-state index is 14.7. The van der Waals surface area contributed by atoms with Crippen LogP contribution in [0.1, 0.15) is 19.5 Å². The highest BCUT2D eigenvalue weighted by Gasteiger charge is 2.35. The van der Waals surface area contributed by atoms with Crippen molar-refractivity contribution in [3.05, 3.63) is 55.6 Å². The van der Waals surface area contributed by atoms with Crippen molar-refractivity contribution in [2.45, 2.75) is 20.0 Å². The van der Waals surface area contributed by atoms with E-state index in [1.54, 1.807) is 0 Å². The third-order valence-electron chi connectivity index (χ3n) is 4.42. The summed E-state index contributed by atoms with van der Waals surface area (Å²) < 4.78 is 84.5. The molecule has 0 spiro atoms. The highest BCUT2D eigenvalue weighted by atomic mass is 35.5. The van der Waals surface area contributed by atoms with Gasteiger partial charge >= 0.3 is 17.8 Å². The van der Waals surface area contributed by atoms with Gasteiger partial charge in [-0.05, 0) is 26.0 Å². The molecule has 33 heavy (non-hydrogen) atoms. The van der Waals surface area contributed by atoms with Crippen LogP contribution in [0.4, 0.5) is 23.2 Å². The highest BCUT2D eigenvalue weighted by molar-refractivity contribution is 7.92. The molecule has 1 aromatic heterocycles. The molecule has 0 N–H and O–H groups in total. The van der Waals surface area contributed by atoms with Crippen LogP contribution in [-0.2, 0) is 32.8 Å². The summed E-state index contributed by atoms with van der Waals surface area (Å²) in [5.41, 5.74) is -5.99. The van der Waals surface area contributed by atoms with Crippen molar-refractivity contribution in [2.75, 3.05) is 23.2 Å². The molecule has 1 aromatic carbocycles. The van der Waals surface area contributed by atoms with Gasteiger partial charge in [0.05, 0.1) is 28.8 Å². The maximum absolute atomic E-state index is 14.7. The second kappa shape index (κ2) is 9.55. The second-order valence-electron chi connectivity index (χ2n) is 6.51. The van der Waals surface area contributed by atoms with Gasteiger partial charge in [-0.25, -0.2) is 22.2 Å². The van der Waals surface area contributed by atoms with Crippen LogP contribution < -0.4 is 15.6 Å². The standard InChI is InChI=1S/C18H18ClF4N3O6S/c1-4-32-16(28)9-25(33(30,31)5-2)12-7-13(11(20)6-10(12)19)26-15(27)8-14(18(21,22)23)24(3)17(26)29/h6-8H,4-5,9H2,1-3H3. The third kappa shape index (κ3) is 5.38. The number of nitrogens with zero attached hydrogens (tertiary/aromatic N) is 3. The van der Waals surface area contributed by atoms with Crippen molar-refractivity contribution in [3.8, 4) is 5.69 Å². The molecule has 0 saturated carbocycles. The van der Waals surface area contributed by atoms with Crippen molar-refractivity contribution >= 4 is 33.3 Å². The molecule has 0 fully saturated rings. The Morgan fingerprint density at radius 3 is 2.30 bits per heavy atom. The van der Waals surface area contributed by atoms with E-state index in [0.29, 0.717) is 16.4 Å². The number of aromatic nitrogens is 2. The Balaban J connectivity index is 2.83. The van der Waals surface area contributed by atoms with Gasteiger partial charge in [-0.15, -0.1) is 0 Å². The molecule has 0 atom stereocenters. The van der Waals surface area contributed by atoms with E-state index in [2.05, 4.69) is 0 Å². The van der Waals surface area contributed by atoms with E-state index in [9.17, 15) is 40.4 Å². The first kappa shape index (κ1) is 26.4. The molecule has 0 aliphatic rings. The van der Waals surface area contributed by atoms with Gasteiger partial charge in [0.1, 0.15) is 18.1 Å². The fraction of sp³-hybridized carbons (Fsp3) is 0.389. The molecule has 2 aromatic rings. The molecular weight excluding hydrogens is 498 g/mol. The van der Waals surface area contributed by atoms with Crippen LogP contribution in [-0.4, -0.2) is 42.4 Å². The zero-order valence-electron chi connectivity index (χ0n) is 17.4. The molecule has 0 bridgehead atoms. The molecule has 0 radical (unpaired) electrons. The first-order chi connectivity index (χ1) is 15.2. The molecule has 182 valence electrons. The van der Waals surface area contributed by atoms with E-state index in [-0.39, 0.29) is 21.8 Å². The van der Waals surface area contributed by atoms with Gasteiger partial charge in [-0.2, -0.15) is 13.2 Å². The quantitative estimate of drug-likeness (QED) is 0.413. The lowest BCUT2D eigenvalue weighted by molar-refractivity contribution is -0.144. The highest BCUT2D eigenvalue weighted by Crippen LogP contribution is 2.32. The number of halogens is 5. The summed E-state index contributed by atoms with van der Waals surface area (Å²) in [5.74, 6) is -2.79. The van der Waals surface area contributed by atoms with Crippen molar-refractivity contribution in [1.29, 1.82) is 0 Å². The molecule has 2 rings (SSSR count). The first-order valence-electron chi connectivity index (χ1n) is 9.21. The summed E-state index contributed by atoms with van der Waals surface area (Å²) >= 11 is 5.99. The summed E-state index contributed by atoms with van der Waals surface area (Å²) in [5, 5.41) is -0.505. The number of hydrogen-bond donors (Lipinski definition) is 0. The Kier molecular flexibility index (Phi) is 7.63. The Labute approximate surface area is 189 Å². The molecule has 0 aliphatic heterocycles. The molecule has 0 amide bonds. The van der Waals surface area contributed by atoms with E-state index in [1.807, 2.05) is 0 Å². The van der Waals surface area contributed by atoms with Crippen molar-refractivity contribution in [1.82, 2.24) is 9.13 Å². The number of benzene rings is 1. The van der Waals surface area contributed by atoms with Crippen molar-refractivity contribution in [2.24, 2.45) is 7.05 Å². The number of anilines is 1. The number of carbonyl (C=O) groups is 1. The SMILES string of the molecule is CCOC(=O)CN(c1cc(-n2c(=O)cc(C(F)(F)F)n(C)c2=O)c(F)cc1Cl)S(=O)(=O)CC. The second-order valence-corrected chi connectivity index (χ2v) is 9.10. The van der Waals surface area contributed by atoms with E-state index in [1.165, 1.54) is 13.8 Å².